The standard InChI is InChI=1S/C19H16BrNO4/c20-14-9-7-13(8-10-14)12-25-17(22)6-3-11-21-18(23)15-4-1-2-5-16(15)19(21)24/h1-2,4-5,7-10H,3,6,11-12H2. The molecule has 0 spiro atoms. The molecule has 128 valence electrons. The molecule has 2 aromatic carbocycles. The van der Waals surface area contributed by atoms with Gasteiger partial charge in [0, 0.05) is 17.4 Å². The normalized spacial score (nSPS) is 13.1. The highest BCUT2D eigenvalue weighted by molar-refractivity contribution is 9.10. The van der Waals surface area contributed by atoms with Crippen molar-refractivity contribution in [2.24, 2.45) is 0 Å². The molecular formula is C19H16BrNO4. The number of hydrogen-bond donors (Lipinski definition) is 0. The van der Waals surface area contributed by atoms with Crippen molar-refractivity contribution in [1.29, 1.82) is 0 Å². The second kappa shape index (κ2) is 7.61. The number of ether oxygens (including phenoxy) is 1. The van der Waals surface area contributed by atoms with Crippen molar-refractivity contribution in [2.75, 3.05) is 6.54 Å². The Hall–Kier alpha value is -2.47. The van der Waals surface area contributed by atoms with Crippen molar-refractivity contribution >= 4 is 33.7 Å². The van der Waals surface area contributed by atoms with E-state index in [1.165, 1.54) is 4.90 Å². The second-order valence-corrected chi connectivity index (χ2v) is 6.61. The lowest BCUT2D eigenvalue weighted by Gasteiger charge is -2.13. The van der Waals surface area contributed by atoms with Crippen molar-refractivity contribution in [3.05, 3.63) is 69.7 Å². The van der Waals surface area contributed by atoms with E-state index in [9.17, 15) is 14.4 Å². The summed E-state index contributed by atoms with van der Waals surface area (Å²) >= 11 is 3.34. The molecule has 0 saturated carbocycles. The fraction of sp³-hybridized carbons (Fsp3) is 0.211. The number of esters is 1. The van der Waals surface area contributed by atoms with Crippen LogP contribution in [0.25, 0.3) is 0 Å². The monoisotopic (exact) mass is 401 g/mol. The molecule has 0 aliphatic carbocycles. The summed E-state index contributed by atoms with van der Waals surface area (Å²) in [6, 6.07) is 14.2. The fourth-order valence-corrected chi connectivity index (χ4v) is 2.90. The quantitative estimate of drug-likeness (QED) is 0.548. The third-order valence-electron chi connectivity index (χ3n) is 3.95. The lowest BCUT2D eigenvalue weighted by atomic mass is 10.1. The number of halogens is 1. The highest BCUT2D eigenvalue weighted by atomic mass is 79.9. The number of fused-ring (bicyclic) bond motifs is 1. The molecule has 0 unspecified atom stereocenters. The van der Waals surface area contributed by atoms with Crippen LogP contribution in [0.2, 0.25) is 0 Å². The van der Waals surface area contributed by atoms with Crippen LogP contribution >= 0.6 is 15.9 Å². The van der Waals surface area contributed by atoms with Crippen LogP contribution in [0, 0.1) is 0 Å². The molecule has 5 nitrogen and oxygen atoms in total. The number of carbonyl (C=O) groups excluding carboxylic acids is 3. The summed E-state index contributed by atoms with van der Waals surface area (Å²) in [5, 5.41) is 0. The molecule has 0 fully saturated rings. The Morgan fingerprint density at radius 3 is 2.16 bits per heavy atom. The van der Waals surface area contributed by atoms with Gasteiger partial charge in [-0.15, -0.1) is 0 Å². The molecule has 6 heteroatoms. The molecule has 0 N–H and O–H groups in total. The molecule has 3 rings (SSSR count). The predicted octanol–water partition coefficient (Wildman–Crippen LogP) is 3.57. The first-order valence-corrected chi connectivity index (χ1v) is 8.71. The molecule has 0 aromatic heterocycles. The van der Waals surface area contributed by atoms with E-state index in [1.807, 2.05) is 24.3 Å². The van der Waals surface area contributed by atoms with Crippen LogP contribution in [0.5, 0.6) is 0 Å². The number of rotatable bonds is 6. The largest absolute Gasteiger partial charge is 0.461 e. The van der Waals surface area contributed by atoms with Gasteiger partial charge in [-0.2, -0.15) is 0 Å². The summed E-state index contributed by atoms with van der Waals surface area (Å²) in [5.74, 6) is -0.952. The van der Waals surface area contributed by atoms with Crippen molar-refractivity contribution in [3.8, 4) is 0 Å². The Morgan fingerprint density at radius 2 is 1.56 bits per heavy atom. The Morgan fingerprint density at radius 1 is 0.960 bits per heavy atom. The van der Waals surface area contributed by atoms with Gasteiger partial charge in [-0.1, -0.05) is 40.2 Å². The number of imide groups is 1. The number of amides is 2. The van der Waals surface area contributed by atoms with Crippen molar-refractivity contribution in [3.63, 3.8) is 0 Å². The van der Waals surface area contributed by atoms with Crippen LogP contribution in [0.1, 0.15) is 39.1 Å². The van der Waals surface area contributed by atoms with Gasteiger partial charge in [0.05, 0.1) is 11.1 Å². The Labute approximate surface area is 153 Å². The first-order valence-electron chi connectivity index (χ1n) is 7.91. The lowest BCUT2D eigenvalue weighted by Crippen LogP contribution is -2.31. The van der Waals surface area contributed by atoms with E-state index >= 15 is 0 Å². The lowest BCUT2D eigenvalue weighted by molar-refractivity contribution is -0.145. The molecule has 1 aliphatic rings. The Kier molecular flexibility index (Phi) is 5.28. The van der Waals surface area contributed by atoms with E-state index in [0.717, 1.165) is 10.0 Å². The van der Waals surface area contributed by atoms with Crippen molar-refractivity contribution < 1.29 is 19.1 Å². The molecule has 25 heavy (non-hydrogen) atoms. The van der Waals surface area contributed by atoms with Gasteiger partial charge < -0.3 is 4.74 Å². The van der Waals surface area contributed by atoms with E-state index in [0.29, 0.717) is 17.5 Å². The second-order valence-electron chi connectivity index (χ2n) is 5.70. The van der Waals surface area contributed by atoms with Gasteiger partial charge in [-0.3, -0.25) is 19.3 Å². The van der Waals surface area contributed by atoms with Gasteiger partial charge in [-0.25, -0.2) is 0 Å². The molecule has 0 saturated heterocycles. The van der Waals surface area contributed by atoms with Gasteiger partial charge in [0.2, 0.25) is 0 Å². The van der Waals surface area contributed by atoms with Gasteiger partial charge in [0.1, 0.15) is 6.61 Å². The minimum atomic E-state index is -0.348. The molecule has 2 aromatic rings. The van der Waals surface area contributed by atoms with Gasteiger partial charge in [0.15, 0.2) is 0 Å². The third-order valence-corrected chi connectivity index (χ3v) is 4.48. The summed E-state index contributed by atoms with van der Waals surface area (Å²) in [4.78, 5) is 37.4. The van der Waals surface area contributed by atoms with E-state index < -0.39 is 0 Å². The van der Waals surface area contributed by atoms with Crippen molar-refractivity contribution in [1.82, 2.24) is 4.90 Å². The molecule has 1 aliphatic heterocycles. The minimum absolute atomic E-state index is 0.157. The maximum atomic E-state index is 12.2. The number of carbonyl (C=O) groups is 3. The zero-order valence-electron chi connectivity index (χ0n) is 13.4. The average Bonchev–Trinajstić information content (AvgIpc) is 2.86. The molecule has 0 atom stereocenters. The molecular weight excluding hydrogens is 386 g/mol. The predicted molar refractivity (Wildman–Crippen MR) is 95.0 cm³/mol. The summed E-state index contributed by atoms with van der Waals surface area (Å²) in [6.45, 7) is 0.416. The number of hydrogen-bond acceptors (Lipinski definition) is 4. The van der Waals surface area contributed by atoms with Gasteiger partial charge in [0.25, 0.3) is 11.8 Å². The van der Waals surface area contributed by atoms with E-state index in [-0.39, 0.29) is 37.4 Å². The maximum Gasteiger partial charge on any atom is 0.306 e. The summed E-state index contributed by atoms with van der Waals surface area (Å²) in [5.41, 5.74) is 1.74. The fourth-order valence-electron chi connectivity index (χ4n) is 2.64. The van der Waals surface area contributed by atoms with Crippen molar-refractivity contribution in [2.45, 2.75) is 19.4 Å². The van der Waals surface area contributed by atoms with Gasteiger partial charge >= 0.3 is 5.97 Å². The highest BCUT2D eigenvalue weighted by Crippen LogP contribution is 2.22. The molecule has 2 amide bonds. The molecule has 1 heterocycles. The minimum Gasteiger partial charge on any atom is -0.461 e. The van der Waals surface area contributed by atoms with E-state index in [2.05, 4.69) is 15.9 Å². The summed E-state index contributed by atoms with van der Waals surface area (Å²) in [6.07, 6.45) is 0.536. The van der Waals surface area contributed by atoms with Crippen LogP contribution < -0.4 is 0 Å². The zero-order valence-corrected chi connectivity index (χ0v) is 15.0. The first-order chi connectivity index (χ1) is 12.1. The number of benzene rings is 2. The average molecular weight is 402 g/mol. The molecule has 0 bridgehead atoms. The number of nitrogens with zero attached hydrogens (tertiary/aromatic N) is 1. The zero-order chi connectivity index (χ0) is 17.8. The van der Waals surface area contributed by atoms with Crippen LogP contribution in [-0.2, 0) is 16.1 Å². The van der Waals surface area contributed by atoms with E-state index in [1.54, 1.807) is 24.3 Å². The van der Waals surface area contributed by atoms with Crippen LogP contribution in [-0.4, -0.2) is 29.2 Å². The van der Waals surface area contributed by atoms with Crippen LogP contribution in [0.3, 0.4) is 0 Å². The third kappa shape index (κ3) is 3.96. The van der Waals surface area contributed by atoms with Gasteiger partial charge in [-0.05, 0) is 36.2 Å². The van der Waals surface area contributed by atoms with Crippen LogP contribution in [0.4, 0.5) is 0 Å². The maximum absolute atomic E-state index is 12.2. The Balaban J connectivity index is 1.45. The highest BCUT2D eigenvalue weighted by Gasteiger charge is 2.34. The first kappa shape index (κ1) is 17.4. The Bertz CT molecular complexity index is 781. The van der Waals surface area contributed by atoms with E-state index in [4.69, 9.17) is 4.74 Å². The smallest absolute Gasteiger partial charge is 0.306 e. The topological polar surface area (TPSA) is 63.7 Å². The van der Waals surface area contributed by atoms with Crippen LogP contribution in [0.15, 0.2) is 53.0 Å². The summed E-state index contributed by atoms with van der Waals surface area (Å²) in [7, 11) is 0. The molecule has 0 radical (unpaired) electrons. The SMILES string of the molecule is O=C(CCCN1C(=O)c2ccccc2C1=O)OCc1ccc(Br)cc1. The summed E-state index contributed by atoms with van der Waals surface area (Å²) < 4.78 is 6.17.